The lowest BCUT2D eigenvalue weighted by atomic mass is 10.1. The molecule has 1 aromatic rings. The Balaban J connectivity index is 2.65. The maximum atomic E-state index is 11.8. The fraction of sp³-hybridized carbons (Fsp3) is 0.429. The number of para-hydroxylation sites is 1. The fourth-order valence-electron chi connectivity index (χ4n) is 1.78. The molecule has 0 bridgehead atoms. The van der Waals surface area contributed by atoms with E-state index in [1.165, 1.54) is 0 Å². The van der Waals surface area contributed by atoms with Gasteiger partial charge in [-0.1, -0.05) is 37.7 Å². The van der Waals surface area contributed by atoms with Crippen molar-refractivity contribution in [3.63, 3.8) is 0 Å². The third-order valence-corrected chi connectivity index (χ3v) is 3.03. The molecule has 0 radical (unpaired) electrons. The summed E-state index contributed by atoms with van der Waals surface area (Å²) < 4.78 is 0. The zero-order valence-corrected chi connectivity index (χ0v) is 12.3. The molecule has 104 valence electrons. The van der Waals surface area contributed by atoms with E-state index in [9.17, 15) is 4.79 Å². The minimum Gasteiger partial charge on any atom is -0.389 e. The van der Waals surface area contributed by atoms with Crippen LogP contribution in [0.3, 0.4) is 0 Å². The van der Waals surface area contributed by atoms with E-state index in [0.29, 0.717) is 11.5 Å². The van der Waals surface area contributed by atoms with Crippen molar-refractivity contribution in [2.45, 2.75) is 19.8 Å². The number of benzene rings is 1. The van der Waals surface area contributed by atoms with Crippen molar-refractivity contribution < 1.29 is 4.79 Å². The molecule has 0 unspecified atom stereocenters. The van der Waals surface area contributed by atoms with E-state index in [1.807, 2.05) is 36.2 Å². The van der Waals surface area contributed by atoms with E-state index in [1.54, 1.807) is 0 Å². The molecule has 0 fully saturated rings. The number of likely N-dealkylation sites (N-methyl/N-ethyl adjacent to an activating group) is 1. The summed E-state index contributed by atoms with van der Waals surface area (Å²) in [5, 5.41) is 2.89. The topological polar surface area (TPSA) is 58.4 Å². The summed E-state index contributed by atoms with van der Waals surface area (Å²) in [6, 6.07) is 7.56. The van der Waals surface area contributed by atoms with Gasteiger partial charge in [-0.15, -0.1) is 0 Å². The third kappa shape index (κ3) is 4.87. The average Bonchev–Trinajstić information content (AvgIpc) is 2.39. The van der Waals surface area contributed by atoms with Crippen LogP contribution in [0, 0.1) is 0 Å². The van der Waals surface area contributed by atoms with Gasteiger partial charge in [-0.2, -0.15) is 0 Å². The second kappa shape index (κ2) is 7.74. The molecule has 4 nitrogen and oxygen atoms in total. The second-order valence-electron chi connectivity index (χ2n) is 4.44. The van der Waals surface area contributed by atoms with Crippen LogP contribution in [0.1, 0.15) is 25.3 Å². The summed E-state index contributed by atoms with van der Waals surface area (Å²) in [5.74, 6) is 0.00805. The first-order valence-electron chi connectivity index (χ1n) is 6.43. The minimum atomic E-state index is 0.00805. The van der Waals surface area contributed by atoms with Crippen molar-refractivity contribution in [1.82, 2.24) is 5.32 Å². The van der Waals surface area contributed by atoms with Crippen molar-refractivity contribution in [2.24, 2.45) is 5.73 Å². The quantitative estimate of drug-likeness (QED) is 0.589. The van der Waals surface area contributed by atoms with Crippen molar-refractivity contribution in [2.75, 3.05) is 25.0 Å². The molecule has 1 rings (SSSR count). The number of nitrogens with zero attached hydrogens (tertiary/aromatic N) is 1. The molecule has 0 aliphatic heterocycles. The first kappa shape index (κ1) is 15.4. The third-order valence-electron chi connectivity index (χ3n) is 2.81. The number of hydrogen-bond acceptors (Lipinski definition) is 3. The number of nitrogens with two attached hydrogens (primary N) is 1. The number of unbranched alkanes of at least 4 members (excludes halogenated alkanes) is 1. The van der Waals surface area contributed by atoms with Crippen molar-refractivity contribution in [3.8, 4) is 0 Å². The Morgan fingerprint density at radius 1 is 1.42 bits per heavy atom. The number of anilines is 1. The Morgan fingerprint density at radius 2 is 2.11 bits per heavy atom. The lowest BCUT2D eigenvalue weighted by Crippen LogP contribution is -2.36. The predicted octanol–water partition coefficient (Wildman–Crippen LogP) is 1.67. The lowest BCUT2D eigenvalue weighted by molar-refractivity contribution is -0.119. The van der Waals surface area contributed by atoms with Gasteiger partial charge in [0, 0.05) is 24.8 Å². The van der Waals surface area contributed by atoms with Crippen LogP contribution >= 0.6 is 12.2 Å². The van der Waals surface area contributed by atoms with Crippen molar-refractivity contribution >= 4 is 28.8 Å². The van der Waals surface area contributed by atoms with Gasteiger partial charge in [0.1, 0.15) is 4.99 Å². The Morgan fingerprint density at radius 3 is 2.74 bits per heavy atom. The van der Waals surface area contributed by atoms with Gasteiger partial charge >= 0.3 is 0 Å². The highest BCUT2D eigenvalue weighted by atomic mass is 32.1. The molecular formula is C14H21N3OS. The second-order valence-corrected chi connectivity index (χ2v) is 4.88. The SMILES string of the molecule is CCCCNC(=O)CN(C)c1ccccc1C(N)=S. The number of carbonyl (C=O) groups is 1. The van der Waals surface area contributed by atoms with Gasteiger partial charge in [0.15, 0.2) is 0 Å². The molecule has 0 atom stereocenters. The van der Waals surface area contributed by atoms with Crippen molar-refractivity contribution in [3.05, 3.63) is 29.8 Å². The van der Waals surface area contributed by atoms with E-state index >= 15 is 0 Å². The zero-order valence-electron chi connectivity index (χ0n) is 11.5. The Bertz CT molecular complexity index is 448. The highest BCUT2D eigenvalue weighted by Gasteiger charge is 2.11. The Labute approximate surface area is 120 Å². The normalized spacial score (nSPS) is 10.0. The number of thiocarbonyl (C=S) groups is 1. The van der Waals surface area contributed by atoms with Gasteiger partial charge < -0.3 is 16.0 Å². The van der Waals surface area contributed by atoms with Crippen LogP contribution in [0.4, 0.5) is 5.69 Å². The van der Waals surface area contributed by atoms with E-state index in [2.05, 4.69) is 12.2 Å². The summed E-state index contributed by atoms with van der Waals surface area (Å²) in [6.07, 6.45) is 2.07. The average molecular weight is 279 g/mol. The summed E-state index contributed by atoms with van der Waals surface area (Å²) in [5.41, 5.74) is 7.35. The molecule has 1 aromatic carbocycles. The van der Waals surface area contributed by atoms with Crippen molar-refractivity contribution in [1.29, 1.82) is 0 Å². The molecule has 0 spiro atoms. The summed E-state index contributed by atoms with van der Waals surface area (Å²) in [7, 11) is 1.86. The minimum absolute atomic E-state index is 0.00805. The number of nitrogens with one attached hydrogen (secondary N) is 1. The van der Waals surface area contributed by atoms with Crippen LogP contribution in [-0.2, 0) is 4.79 Å². The van der Waals surface area contributed by atoms with E-state index in [-0.39, 0.29) is 5.91 Å². The molecule has 0 saturated carbocycles. The highest BCUT2D eigenvalue weighted by Crippen LogP contribution is 2.18. The number of rotatable bonds is 7. The molecule has 1 amide bonds. The molecule has 0 aliphatic rings. The standard InChI is InChI=1S/C14H21N3OS/c1-3-4-9-16-13(18)10-17(2)12-8-6-5-7-11(12)14(15)19/h5-8H,3-4,9-10H2,1-2H3,(H2,15,19)(H,16,18). The summed E-state index contributed by atoms with van der Waals surface area (Å²) in [4.78, 5) is 14.0. The maximum Gasteiger partial charge on any atom is 0.239 e. The van der Waals surface area contributed by atoms with E-state index in [0.717, 1.165) is 30.6 Å². The Hall–Kier alpha value is -1.62. The molecule has 0 heterocycles. The molecular weight excluding hydrogens is 258 g/mol. The van der Waals surface area contributed by atoms with E-state index in [4.69, 9.17) is 18.0 Å². The van der Waals surface area contributed by atoms with Crippen LogP contribution in [0.5, 0.6) is 0 Å². The zero-order chi connectivity index (χ0) is 14.3. The van der Waals surface area contributed by atoms with E-state index < -0.39 is 0 Å². The highest BCUT2D eigenvalue weighted by molar-refractivity contribution is 7.80. The first-order valence-corrected chi connectivity index (χ1v) is 6.83. The molecule has 0 saturated heterocycles. The predicted molar refractivity (Wildman–Crippen MR) is 83.5 cm³/mol. The largest absolute Gasteiger partial charge is 0.389 e. The number of carbonyl (C=O) groups excluding carboxylic acids is 1. The smallest absolute Gasteiger partial charge is 0.239 e. The monoisotopic (exact) mass is 279 g/mol. The molecule has 3 N–H and O–H groups in total. The Kier molecular flexibility index (Phi) is 6.29. The number of amides is 1. The van der Waals surface area contributed by atoms with Gasteiger partial charge in [0.05, 0.1) is 6.54 Å². The van der Waals surface area contributed by atoms with Gasteiger partial charge in [-0.05, 0) is 18.6 Å². The molecule has 19 heavy (non-hydrogen) atoms. The molecule has 0 aliphatic carbocycles. The maximum absolute atomic E-state index is 11.8. The van der Waals surface area contributed by atoms with Gasteiger partial charge in [-0.25, -0.2) is 0 Å². The lowest BCUT2D eigenvalue weighted by Gasteiger charge is -2.21. The van der Waals surface area contributed by atoms with Gasteiger partial charge in [0.25, 0.3) is 0 Å². The van der Waals surface area contributed by atoms with Crippen LogP contribution < -0.4 is 16.0 Å². The van der Waals surface area contributed by atoms with Gasteiger partial charge in [0.2, 0.25) is 5.91 Å². The van der Waals surface area contributed by atoms with Crippen LogP contribution in [0.2, 0.25) is 0 Å². The summed E-state index contributed by atoms with van der Waals surface area (Å²) >= 11 is 5.02. The first-order chi connectivity index (χ1) is 9.06. The van der Waals surface area contributed by atoms with Crippen LogP contribution in [0.15, 0.2) is 24.3 Å². The molecule has 0 aromatic heterocycles. The summed E-state index contributed by atoms with van der Waals surface area (Å²) in [6.45, 7) is 3.11. The van der Waals surface area contributed by atoms with Crippen LogP contribution in [-0.4, -0.2) is 31.0 Å². The van der Waals surface area contributed by atoms with Gasteiger partial charge in [-0.3, -0.25) is 4.79 Å². The molecule has 5 heteroatoms. The van der Waals surface area contributed by atoms with Crippen LogP contribution in [0.25, 0.3) is 0 Å². The number of hydrogen-bond donors (Lipinski definition) is 2. The fourth-order valence-corrected chi connectivity index (χ4v) is 1.95.